The van der Waals surface area contributed by atoms with Gasteiger partial charge in [0, 0.05) is 0 Å². The standard InChI is InChI=1S/C14H15ClFN3/c1-8-3-4-10(7-11(8)16)9(2)18-14-12(17)5-6-13(15)19-14/h3-7,9H,17H2,1-2H3,(H,18,19). The molecule has 0 amide bonds. The fourth-order valence-corrected chi connectivity index (χ4v) is 1.88. The van der Waals surface area contributed by atoms with E-state index in [0.717, 1.165) is 5.56 Å². The van der Waals surface area contributed by atoms with Crippen LogP contribution in [0.4, 0.5) is 15.9 Å². The van der Waals surface area contributed by atoms with Crippen LogP contribution in [-0.2, 0) is 0 Å². The van der Waals surface area contributed by atoms with Gasteiger partial charge in [0.05, 0.1) is 11.7 Å². The summed E-state index contributed by atoms with van der Waals surface area (Å²) in [5, 5.41) is 3.49. The largest absolute Gasteiger partial charge is 0.396 e. The summed E-state index contributed by atoms with van der Waals surface area (Å²) < 4.78 is 13.5. The Morgan fingerprint density at radius 1 is 1.32 bits per heavy atom. The predicted molar refractivity (Wildman–Crippen MR) is 76.8 cm³/mol. The average molecular weight is 280 g/mol. The summed E-state index contributed by atoms with van der Waals surface area (Å²) in [5.74, 6) is 0.277. The highest BCUT2D eigenvalue weighted by molar-refractivity contribution is 6.29. The van der Waals surface area contributed by atoms with E-state index < -0.39 is 0 Å². The van der Waals surface area contributed by atoms with Crippen LogP contribution in [0.3, 0.4) is 0 Å². The summed E-state index contributed by atoms with van der Waals surface area (Å²) in [4.78, 5) is 4.11. The normalized spacial score (nSPS) is 12.2. The van der Waals surface area contributed by atoms with Gasteiger partial charge in [0.1, 0.15) is 11.0 Å². The van der Waals surface area contributed by atoms with Crippen LogP contribution in [0.2, 0.25) is 5.15 Å². The fourth-order valence-electron chi connectivity index (χ4n) is 1.73. The summed E-state index contributed by atoms with van der Waals surface area (Å²) in [7, 11) is 0. The molecule has 5 heteroatoms. The van der Waals surface area contributed by atoms with E-state index in [9.17, 15) is 4.39 Å². The highest BCUT2D eigenvalue weighted by Gasteiger charge is 2.10. The molecule has 0 aliphatic carbocycles. The van der Waals surface area contributed by atoms with Gasteiger partial charge in [0.25, 0.3) is 0 Å². The molecular weight excluding hydrogens is 265 g/mol. The van der Waals surface area contributed by atoms with Crippen molar-refractivity contribution in [1.82, 2.24) is 4.98 Å². The maximum Gasteiger partial charge on any atom is 0.151 e. The number of aryl methyl sites for hydroxylation is 1. The van der Waals surface area contributed by atoms with Gasteiger partial charge in [0.2, 0.25) is 0 Å². The summed E-state index contributed by atoms with van der Waals surface area (Å²) in [6, 6.07) is 8.31. The van der Waals surface area contributed by atoms with E-state index in [-0.39, 0.29) is 11.9 Å². The summed E-state index contributed by atoms with van der Waals surface area (Å²) >= 11 is 5.83. The molecule has 0 spiro atoms. The lowest BCUT2D eigenvalue weighted by molar-refractivity contribution is 0.614. The van der Waals surface area contributed by atoms with Crippen molar-refractivity contribution in [1.29, 1.82) is 0 Å². The van der Waals surface area contributed by atoms with Gasteiger partial charge in [-0.3, -0.25) is 0 Å². The molecule has 0 radical (unpaired) electrons. The van der Waals surface area contributed by atoms with Crippen LogP contribution in [0.15, 0.2) is 30.3 Å². The Bertz CT molecular complexity index is 601. The number of aromatic nitrogens is 1. The predicted octanol–water partition coefficient (Wildman–Crippen LogP) is 3.94. The van der Waals surface area contributed by atoms with E-state index in [0.29, 0.717) is 22.2 Å². The van der Waals surface area contributed by atoms with Crippen LogP contribution in [0, 0.1) is 12.7 Å². The fraction of sp³-hybridized carbons (Fsp3) is 0.214. The van der Waals surface area contributed by atoms with Crippen LogP contribution in [0.25, 0.3) is 0 Å². The molecule has 1 unspecified atom stereocenters. The Kier molecular flexibility index (Phi) is 3.90. The number of anilines is 2. The molecule has 1 atom stereocenters. The van der Waals surface area contributed by atoms with Crippen molar-refractivity contribution in [2.45, 2.75) is 19.9 Å². The second-order valence-corrected chi connectivity index (χ2v) is 4.83. The topological polar surface area (TPSA) is 50.9 Å². The molecule has 1 heterocycles. The molecule has 100 valence electrons. The number of nitrogens with one attached hydrogen (secondary N) is 1. The monoisotopic (exact) mass is 279 g/mol. The zero-order valence-electron chi connectivity index (χ0n) is 10.7. The average Bonchev–Trinajstić information content (AvgIpc) is 2.37. The first kappa shape index (κ1) is 13.6. The van der Waals surface area contributed by atoms with Gasteiger partial charge in [-0.05, 0) is 43.2 Å². The molecule has 0 saturated heterocycles. The van der Waals surface area contributed by atoms with E-state index in [1.54, 1.807) is 25.1 Å². The second-order valence-electron chi connectivity index (χ2n) is 4.45. The molecule has 0 fully saturated rings. The van der Waals surface area contributed by atoms with Gasteiger partial charge in [-0.15, -0.1) is 0 Å². The first-order valence-corrected chi connectivity index (χ1v) is 6.30. The number of halogens is 2. The molecule has 3 nitrogen and oxygen atoms in total. The summed E-state index contributed by atoms with van der Waals surface area (Å²) in [5.41, 5.74) is 7.76. The smallest absolute Gasteiger partial charge is 0.151 e. The first-order valence-electron chi connectivity index (χ1n) is 5.92. The van der Waals surface area contributed by atoms with E-state index in [1.165, 1.54) is 6.07 Å². The van der Waals surface area contributed by atoms with Crippen LogP contribution < -0.4 is 11.1 Å². The summed E-state index contributed by atoms with van der Waals surface area (Å²) in [6.45, 7) is 3.64. The molecule has 1 aromatic carbocycles. The second kappa shape index (κ2) is 5.45. The molecule has 0 aliphatic rings. The Hall–Kier alpha value is -1.81. The van der Waals surface area contributed by atoms with E-state index >= 15 is 0 Å². The number of nitrogens with two attached hydrogens (primary N) is 1. The lowest BCUT2D eigenvalue weighted by Crippen LogP contribution is -2.10. The third-order valence-electron chi connectivity index (χ3n) is 2.94. The van der Waals surface area contributed by atoms with Crippen LogP contribution in [0.5, 0.6) is 0 Å². The number of hydrogen-bond donors (Lipinski definition) is 2. The van der Waals surface area contributed by atoms with Crippen molar-refractivity contribution < 1.29 is 4.39 Å². The van der Waals surface area contributed by atoms with Crippen molar-refractivity contribution in [3.05, 3.63) is 52.4 Å². The highest BCUT2D eigenvalue weighted by Crippen LogP contribution is 2.24. The van der Waals surface area contributed by atoms with Crippen molar-refractivity contribution in [2.75, 3.05) is 11.1 Å². The molecule has 0 aliphatic heterocycles. The van der Waals surface area contributed by atoms with Gasteiger partial charge >= 0.3 is 0 Å². The zero-order valence-corrected chi connectivity index (χ0v) is 11.5. The molecule has 3 N–H and O–H groups in total. The van der Waals surface area contributed by atoms with Crippen molar-refractivity contribution in [3.8, 4) is 0 Å². The van der Waals surface area contributed by atoms with E-state index in [4.69, 9.17) is 17.3 Å². The van der Waals surface area contributed by atoms with Gasteiger partial charge in [-0.1, -0.05) is 23.7 Å². The zero-order chi connectivity index (χ0) is 14.0. The maximum absolute atomic E-state index is 13.5. The third-order valence-corrected chi connectivity index (χ3v) is 3.15. The minimum absolute atomic E-state index is 0.122. The number of hydrogen-bond acceptors (Lipinski definition) is 3. The van der Waals surface area contributed by atoms with Gasteiger partial charge in [0.15, 0.2) is 5.82 Å². The molecule has 0 saturated carbocycles. The number of nitrogens with zero attached hydrogens (tertiary/aromatic N) is 1. The minimum atomic E-state index is -0.224. The van der Waals surface area contributed by atoms with E-state index in [2.05, 4.69) is 10.3 Å². The Morgan fingerprint density at radius 3 is 2.74 bits per heavy atom. The van der Waals surface area contributed by atoms with Crippen LogP contribution >= 0.6 is 11.6 Å². The van der Waals surface area contributed by atoms with Crippen molar-refractivity contribution >= 4 is 23.1 Å². The number of nitrogen functional groups attached to an aromatic ring is 1. The molecular formula is C14H15ClFN3. The van der Waals surface area contributed by atoms with Crippen LogP contribution in [-0.4, -0.2) is 4.98 Å². The van der Waals surface area contributed by atoms with Gasteiger partial charge in [-0.2, -0.15) is 0 Å². The SMILES string of the molecule is Cc1ccc(C(C)Nc2nc(Cl)ccc2N)cc1F. The molecule has 1 aromatic heterocycles. The molecule has 2 aromatic rings. The Labute approximate surface area is 116 Å². The maximum atomic E-state index is 13.5. The first-order chi connectivity index (χ1) is 8.97. The van der Waals surface area contributed by atoms with Crippen molar-refractivity contribution in [3.63, 3.8) is 0 Å². The molecule has 19 heavy (non-hydrogen) atoms. The van der Waals surface area contributed by atoms with E-state index in [1.807, 2.05) is 13.0 Å². The van der Waals surface area contributed by atoms with Gasteiger partial charge < -0.3 is 11.1 Å². The Morgan fingerprint density at radius 2 is 2.05 bits per heavy atom. The minimum Gasteiger partial charge on any atom is -0.396 e. The lowest BCUT2D eigenvalue weighted by Gasteiger charge is -2.17. The lowest BCUT2D eigenvalue weighted by atomic mass is 10.1. The number of rotatable bonds is 3. The Balaban J connectivity index is 2.22. The van der Waals surface area contributed by atoms with Crippen LogP contribution in [0.1, 0.15) is 24.1 Å². The van der Waals surface area contributed by atoms with Gasteiger partial charge in [-0.25, -0.2) is 9.37 Å². The highest BCUT2D eigenvalue weighted by atomic mass is 35.5. The van der Waals surface area contributed by atoms with Crippen molar-refractivity contribution in [2.24, 2.45) is 0 Å². The number of benzene rings is 1. The summed E-state index contributed by atoms with van der Waals surface area (Å²) in [6.07, 6.45) is 0. The quantitative estimate of drug-likeness (QED) is 0.837. The number of pyridine rings is 1. The molecule has 0 bridgehead atoms. The third kappa shape index (κ3) is 3.15. The molecule has 2 rings (SSSR count).